The number of piperazine rings is 1. The Kier molecular flexibility index (Phi) is 5.21. The molecule has 1 aliphatic rings. The molecule has 1 aromatic heterocycles. The van der Waals surface area contributed by atoms with Crippen LogP contribution in [0.3, 0.4) is 0 Å². The Balaban J connectivity index is 1.55. The first-order valence-electron chi connectivity index (χ1n) is 7.90. The van der Waals surface area contributed by atoms with Gasteiger partial charge in [0, 0.05) is 31.2 Å². The van der Waals surface area contributed by atoms with Crippen LogP contribution in [0.15, 0.2) is 35.7 Å². The molecule has 1 fully saturated rings. The fourth-order valence-electron chi connectivity index (χ4n) is 2.78. The zero-order valence-corrected chi connectivity index (χ0v) is 15.1. The first kappa shape index (κ1) is 17.0. The lowest BCUT2D eigenvalue weighted by molar-refractivity contribution is -0.131. The first-order chi connectivity index (χ1) is 11.5. The summed E-state index contributed by atoms with van der Waals surface area (Å²) in [7, 11) is 0. The van der Waals surface area contributed by atoms with Crippen molar-refractivity contribution < 1.29 is 9.59 Å². The predicted octanol–water partition coefficient (Wildman–Crippen LogP) is 3.24. The number of aryl methyl sites for hydroxylation is 1. The molecule has 126 valence electrons. The van der Waals surface area contributed by atoms with E-state index in [0.29, 0.717) is 37.6 Å². The van der Waals surface area contributed by atoms with E-state index in [4.69, 9.17) is 11.6 Å². The third-order valence-corrected chi connectivity index (χ3v) is 5.50. The van der Waals surface area contributed by atoms with Crippen molar-refractivity contribution in [1.29, 1.82) is 0 Å². The van der Waals surface area contributed by atoms with Gasteiger partial charge in [-0.15, -0.1) is 11.3 Å². The standard InChI is InChI=1S/C18H19ClN2O2S/c1-13-6-11-24-17(13)18(23)21-9-7-20(8-10-21)16(22)12-14-2-4-15(19)5-3-14/h2-6,11H,7-10,12H2,1H3. The lowest BCUT2D eigenvalue weighted by Gasteiger charge is -2.34. The molecule has 1 saturated heterocycles. The van der Waals surface area contributed by atoms with Crippen molar-refractivity contribution in [3.63, 3.8) is 0 Å². The fourth-order valence-corrected chi connectivity index (χ4v) is 3.80. The predicted molar refractivity (Wildman–Crippen MR) is 96.7 cm³/mol. The smallest absolute Gasteiger partial charge is 0.264 e. The van der Waals surface area contributed by atoms with Crippen LogP contribution < -0.4 is 0 Å². The van der Waals surface area contributed by atoms with Crippen molar-refractivity contribution in [2.75, 3.05) is 26.2 Å². The zero-order valence-electron chi connectivity index (χ0n) is 13.5. The van der Waals surface area contributed by atoms with Gasteiger partial charge >= 0.3 is 0 Å². The van der Waals surface area contributed by atoms with Gasteiger partial charge in [-0.3, -0.25) is 9.59 Å². The van der Waals surface area contributed by atoms with Crippen LogP contribution in [0.4, 0.5) is 0 Å². The van der Waals surface area contributed by atoms with E-state index >= 15 is 0 Å². The minimum Gasteiger partial charge on any atom is -0.339 e. The molecule has 0 N–H and O–H groups in total. The minimum absolute atomic E-state index is 0.0762. The highest BCUT2D eigenvalue weighted by Crippen LogP contribution is 2.19. The Morgan fingerprint density at radius 2 is 1.67 bits per heavy atom. The normalized spacial score (nSPS) is 14.8. The lowest BCUT2D eigenvalue weighted by Crippen LogP contribution is -2.50. The Bertz CT molecular complexity index is 734. The van der Waals surface area contributed by atoms with E-state index < -0.39 is 0 Å². The van der Waals surface area contributed by atoms with Crippen LogP contribution in [0.5, 0.6) is 0 Å². The molecule has 2 amide bonds. The summed E-state index contributed by atoms with van der Waals surface area (Å²) < 4.78 is 0. The van der Waals surface area contributed by atoms with Crippen LogP contribution in [0.25, 0.3) is 0 Å². The highest BCUT2D eigenvalue weighted by atomic mass is 35.5. The van der Waals surface area contributed by atoms with E-state index in [-0.39, 0.29) is 11.8 Å². The van der Waals surface area contributed by atoms with Gasteiger partial charge < -0.3 is 9.80 Å². The van der Waals surface area contributed by atoms with Gasteiger partial charge in [0.15, 0.2) is 0 Å². The highest BCUT2D eigenvalue weighted by Gasteiger charge is 2.26. The highest BCUT2D eigenvalue weighted by molar-refractivity contribution is 7.12. The van der Waals surface area contributed by atoms with Gasteiger partial charge in [-0.1, -0.05) is 23.7 Å². The maximum Gasteiger partial charge on any atom is 0.264 e. The maximum absolute atomic E-state index is 12.5. The summed E-state index contributed by atoms with van der Waals surface area (Å²) in [6.07, 6.45) is 0.370. The van der Waals surface area contributed by atoms with Gasteiger partial charge in [-0.25, -0.2) is 0 Å². The van der Waals surface area contributed by atoms with Gasteiger partial charge in [-0.05, 0) is 41.6 Å². The summed E-state index contributed by atoms with van der Waals surface area (Å²) >= 11 is 7.34. The van der Waals surface area contributed by atoms with Crippen LogP contribution >= 0.6 is 22.9 Å². The monoisotopic (exact) mass is 362 g/mol. The fraction of sp³-hybridized carbons (Fsp3) is 0.333. The molecule has 1 aliphatic heterocycles. The molecule has 1 aromatic carbocycles. The Morgan fingerprint density at radius 3 is 2.25 bits per heavy atom. The zero-order chi connectivity index (χ0) is 17.1. The molecule has 0 atom stereocenters. The minimum atomic E-state index is 0.0762. The molecular weight excluding hydrogens is 344 g/mol. The number of rotatable bonds is 3. The molecular formula is C18H19ClN2O2S. The first-order valence-corrected chi connectivity index (χ1v) is 9.16. The average Bonchev–Trinajstić information content (AvgIpc) is 3.02. The molecule has 3 rings (SSSR count). The number of halogens is 1. The van der Waals surface area contributed by atoms with Crippen molar-refractivity contribution in [3.8, 4) is 0 Å². The molecule has 24 heavy (non-hydrogen) atoms. The number of thiophene rings is 1. The maximum atomic E-state index is 12.5. The summed E-state index contributed by atoms with van der Waals surface area (Å²) in [6, 6.07) is 9.30. The summed E-state index contributed by atoms with van der Waals surface area (Å²) in [5, 5.41) is 2.61. The van der Waals surface area contributed by atoms with Crippen molar-refractivity contribution in [3.05, 3.63) is 56.7 Å². The summed E-state index contributed by atoms with van der Waals surface area (Å²) in [4.78, 5) is 29.4. The Labute approximate surface area is 150 Å². The topological polar surface area (TPSA) is 40.6 Å². The largest absolute Gasteiger partial charge is 0.339 e. The van der Waals surface area contributed by atoms with Crippen LogP contribution in [0.1, 0.15) is 20.8 Å². The van der Waals surface area contributed by atoms with Crippen molar-refractivity contribution >= 4 is 34.8 Å². The number of hydrogen-bond acceptors (Lipinski definition) is 3. The van der Waals surface area contributed by atoms with Gasteiger partial charge in [0.25, 0.3) is 5.91 Å². The quantitative estimate of drug-likeness (QED) is 0.841. The molecule has 0 aliphatic carbocycles. The second-order valence-electron chi connectivity index (χ2n) is 5.91. The molecule has 6 heteroatoms. The molecule has 0 radical (unpaired) electrons. The third-order valence-electron chi connectivity index (χ3n) is 4.24. The Hall–Kier alpha value is -1.85. The summed E-state index contributed by atoms with van der Waals surface area (Å²) in [6.45, 7) is 4.30. The van der Waals surface area contributed by atoms with Crippen molar-refractivity contribution in [2.45, 2.75) is 13.3 Å². The van der Waals surface area contributed by atoms with Gasteiger partial charge in [0.1, 0.15) is 0 Å². The van der Waals surface area contributed by atoms with Gasteiger partial charge in [0.2, 0.25) is 5.91 Å². The molecule has 0 spiro atoms. The van der Waals surface area contributed by atoms with Crippen LogP contribution in [0.2, 0.25) is 5.02 Å². The number of carbonyl (C=O) groups excluding carboxylic acids is 2. The number of benzene rings is 1. The number of hydrogen-bond donors (Lipinski definition) is 0. The Morgan fingerprint density at radius 1 is 1.04 bits per heavy atom. The van der Waals surface area contributed by atoms with Crippen LogP contribution in [-0.4, -0.2) is 47.8 Å². The van der Waals surface area contributed by atoms with E-state index in [0.717, 1.165) is 16.0 Å². The second kappa shape index (κ2) is 7.36. The molecule has 0 saturated carbocycles. The van der Waals surface area contributed by atoms with Crippen molar-refractivity contribution in [2.24, 2.45) is 0 Å². The van der Waals surface area contributed by atoms with E-state index in [1.54, 1.807) is 12.1 Å². The third kappa shape index (κ3) is 3.79. The van der Waals surface area contributed by atoms with E-state index in [1.807, 2.05) is 40.3 Å². The molecule has 4 nitrogen and oxygen atoms in total. The lowest BCUT2D eigenvalue weighted by atomic mass is 10.1. The second-order valence-corrected chi connectivity index (χ2v) is 7.26. The molecule has 0 unspecified atom stereocenters. The number of carbonyl (C=O) groups is 2. The van der Waals surface area contributed by atoms with Gasteiger partial charge in [0.05, 0.1) is 11.3 Å². The SMILES string of the molecule is Cc1ccsc1C(=O)N1CCN(C(=O)Cc2ccc(Cl)cc2)CC1. The van der Waals surface area contributed by atoms with E-state index in [2.05, 4.69) is 0 Å². The average molecular weight is 363 g/mol. The molecule has 2 aromatic rings. The van der Waals surface area contributed by atoms with E-state index in [9.17, 15) is 9.59 Å². The van der Waals surface area contributed by atoms with Crippen molar-refractivity contribution in [1.82, 2.24) is 9.80 Å². The summed E-state index contributed by atoms with van der Waals surface area (Å²) in [5.41, 5.74) is 1.98. The number of amides is 2. The van der Waals surface area contributed by atoms with E-state index in [1.165, 1.54) is 11.3 Å². The van der Waals surface area contributed by atoms with Crippen LogP contribution in [-0.2, 0) is 11.2 Å². The summed E-state index contributed by atoms with van der Waals surface area (Å²) in [5.74, 6) is 0.170. The molecule has 0 bridgehead atoms. The van der Waals surface area contributed by atoms with Crippen LogP contribution in [0, 0.1) is 6.92 Å². The van der Waals surface area contributed by atoms with Gasteiger partial charge in [-0.2, -0.15) is 0 Å². The molecule has 2 heterocycles. The number of nitrogens with zero attached hydrogens (tertiary/aromatic N) is 2.